The second-order valence-electron chi connectivity index (χ2n) is 13.0. The van der Waals surface area contributed by atoms with Crippen molar-refractivity contribution in [3.8, 4) is 17.2 Å². The molecule has 3 amide bonds. The van der Waals surface area contributed by atoms with Crippen LogP contribution in [0.25, 0.3) is 11.1 Å². The highest BCUT2D eigenvalue weighted by Gasteiger charge is 2.51. The summed E-state index contributed by atoms with van der Waals surface area (Å²) in [5, 5.41) is 18.7. The van der Waals surface area contributed by atoms with E-state index < -0.39 is 40.7 Å². The number of hydrogen-bond acceptors (Lipinski definition) is 7. The third kappa shape index (κ3) is 6.00. The third-order valence-electron chi connectivity index (χ3n) is 9.34. The zero-order valence-corrected chi connectivity index (χ0v) is 29.1. The standard InChI is InChI=1S/C36H30Cl2FN9O3/c1-20(31(49)45-36(10-11-36)29-9-8-23(16-41-29)24-17-43-46(3)19-24)44-32(50)28-18-42-34-47(25-12-26(37)30(39)27(38)13-25)33(51)35(2,48(28)34)14-21-4-6-22(15-40)7-5-21/h4-9,12-13,16-20H,10-11,14H2,1-3H3,(H,44,50)(H,45,49)/t20-,35-/m1/s1. The van der Waals surface area contributed by atoms with Crippen LogP contribution in [0.4, 0.5) is 16.0 Å². The molecule has 258 valence electrons. The number of anilines is 2. The normalized spacial score (nSPS) is 17.8. The second-order valence-corrected chi connectivity index (χ2v) is 13.8. The van der Waals surface area contributed by atoms with Crippen molar-refractivity contribution in [3.05, 3.63) is 112 Å². The fourth-order valence-corrected chi connectivity index (χ4v) is 6.87. The molecule has 4 heterocycles. The lowest BCUT2D eigenvalue weighted by Gasteiger charge is -2.27. The van der Waals surface area contributed by atoms with Crippen molar-refractivity contribution in [1.29, 1.82) is 5.26 Å². The molecule has 0 spiro atoms. The van der Waals surface area contributed by atoms with E-state index >= 15 is 0 Å². The lowest BCUT2D eigenvalue weighted by atomic mass is 9.91. The molecule has 12 nitrogen and oxygen atoms in total. The first kappa shape index (κ1) is 33.9. The minimum absolute atomic E-state index is 0.0183. The van der Waals surface area contributed by atoms with Crippen LogP contribution in [0.5, 0.6) is 0 Å². The van der Waals surface area contributed by atoms with Gasteiger partial charge >= 0.3 is 0 Å². The van der Waals surface area contributed by atoms with Crippen molar-refractivity contribution in [2.45, 2.75) is 50.2 Å². The summed E-state index contributed by atoms with van der Waals surface area (Å²) in [6, 6.07) is 14.2. The van der Waals surface area contributed by atoms with Crippen molar-refractivity contribution in [2.75, 3.05) is 4.90 Å². The minimum Gasteiger partial charge on any atom is -0.343 e. The van der Waals surface area contributed by atoms with Crippen molar-refractivity contribution in [2.24, 2.45) is 7.05 Å². The summed E-state index contributed by atoms with van der Waals surface area (Å²) in [5.41, 5.74) is 1.80. The van der Waals surface area contributed by atoms with Gasteiger partial charge in [-0.2, -0.15) is 10.4 Å². The van der Waals surface area contributed by atoms with Gasteiger partial charge in [-0.05, 0) is 62.6 Å². The van der Waals surface area contributed by atoms with Crippen LogP contribution in [0.2, 0.25) is 10.0 Å². The van der Waals surface area contributed by atoms with Gasteiger partial charge in [0.1, 0.15) is 17.3 Å². The fourth-order valence-electron chi connectivity index (χ4n) is 6.40. The molecule has 1 aliphatic carbocycles. The van der Waals surface area contributed by atoms with Gasteiger partial charge in [0.2, 0.25) is 11.9 Å². The van der Waals surface area contributed by atoms with Gasteiger partial charge in [-0.3, -0.25) is 28.6 Å². The maximum Gasteiger partial charge on any atom is 0.270 e. The monoisotopic (exact) mass is 725 g/mol. The topological polar surface area (TPSA) is 151 Å². The first-order chi connectivity index (χ1) is 24.3. The molecule has 7 rings (SSSR count). The van der Waals surface area contributed by atoms with E-state index in [0.29, 0.717) is 29.7 Å². The minimum atomic E-state index is -1.42. The van der Waals surface area contributed by atoms with Gasteiger partial charge in [0.15, 0.2) is 5.82 Å². The molecule has 1 saturated carbocycles. The summed E-state index contributed by atoms with van der Waals surface area (Å²) in [5.74, 6) is -2.29. The molecular weight excluding hydrogens is 696 g/mol. The van der Waals surface area contributed by atoms with E-state index in [1.165, 1.54) is 27.8 Å². The number of pyridine rings is 1. The number of nitrogens with one attached hydrogen (secondary N) is 2. The Labute approximate surface area is 301 Å². The highest BCUT2D eigenvalue weighted by molar-refractivity contribution is 6.35. The first-order valence-corrected chi connectivity index (χ1v) is 16.7. The number of amides is 3. The van der Waals surface area contributed by atoms with E-state index in [0.717, 1.165) is 11.1 Å². The molecule has 2 atom stereocenters. The van der Waals surface area contributed by atoms with Gasteiger partial charge in [-0.15, -0.1) is 0 Å². The number of carbonyl (C=O) groups excluding carboxylic acids is 3. The van der Waals surface area contributed by atoms with Crippen LogP contribution in [0, 0.1) is 17.1 Å². The van der Waals surface area contributed by atoms with E-state index in [4.69, 9.17) is 23.2 Å². The second kappa shape index (κ2) is 12.6. The summed E-state index contributed by atoms with van der Waals surface area (Å²) in [4.78, 5) is 52.0. The number of nitrogens with zero attached hydrogens (tertiary/aromatic N) is 7. The molecule has 2 aliphatic rings. The van der Waals surface area contributed by atoms with Crippen LogP contribution in [0.1, 0.15) is 54.0 Å². The van der Waals surface area contributed by atoms with Crippen LogP contribution < -0.4 is 15.5 Å². The molecule has 5 aromatic rings. The summed E-state index contributed by atoms with van der Waals surface area (Å²) in [6.45, 7) is 3.22. The Balaban J connectivity index is 1.14. The summed E-state index contributed by atoms with van der Waals surface area (Å²) in [7, 11) is 1.84. The Kier molecular flexibility index (Phi) is 8.40. The number of fused-ring (bicyclic) bond motifs is 1. The maximum absolute atomic E-state index is 14.4. The zero-order chi connectivity index (χ0) is 36.2. The molecule has 0 saturated heterocycles. The lowest BCUT2D eigenvalue weighted by Crippen LogP contribution is -2.49. The van der Waals surface area contributed by atoms with Crippen molar-refractivity contribution < 1.29 is 18.8 Å². The molecule has 0 bridgehead atoms. The number of carbonyl (C=O) groups is 3. The van der Waals surface area contributed by atoms with Crippen LogP contribution in [-0.4, -0.2) is 48.1 Å². The highest BCUT2D eigenvalue weighted by atomic mass is 35.5. The highest BCUT2D eigenvalue weighted by Crippen LogP contribution is 2.46. The van der Waals surface area contributed by atoms with Crippen molar-refractivity contribution in [1.82, 2.24) is 34.9 Å². The van der Waals surface area contributed by atoms with Gasteiger partial charge in [0.25, 0.3) is 11.8 Å². The van der Waals surface area contributed by atoms with Crippen molar-refractivity contribution >= 4 is 52.6 Å². The van der Waals surface area contributed by atoms with E-state index in [9.17, 15) is 24.0 Å². The molecule has 0 radical (unpaired) electrons. The zero-order valence-electron chi connectivity index (χ0n) is 27.6. The molecule has 15 heteroatoms. The largest absolute Gasteiger partial charge is 0.343 e. The van der Waals surface area contributed by atoms with E-state index in [1.54, 1.807) is 55.2 Å². The van der Waals surface area contributed by atoms with E-state index in [1.807, 2.05) is 25.4 Å². The number of imidazole rings is 1. The quantitative estimate of drug-likeness (QED) is 0.189. The van der Waals surface area contributed by atoms with Gasteiger partial charge < -0.3 is 10.6 Å². The molecule has 1 aliphatic heterocycles. The molecule has 2 aromatic carbocycles. The smallest absolute Gasteiger partial charge is 0.270 e. The summed E-state index contributed by atoms with van der Waals surface area (Å²) in [6.07, 6.45) is 8.19. The van der Waals surface area contributed by atoms with Crippen LogP contribution in [0.15, 0.2) is 73.3 Å². The number of aryl methyl sites for hydroxylation is 1. The van der Waals surface area contributed by atoms with Crippen LogP contribution in [-0.2, 0) is 34.1 Å². The van der Waals surface area contributed by atoms with Gasteiger partial charge in [-0.25, -0.2) is 14.3 Å². The molecule has 2 N–H and O–H groups in total. The Bertz CT molecular complexity index is 2240. The van der Waals surface area contributed by atoms with Gasteiger partial charge in [0, 0.05) is 37.0 Å². The van der Waals surface area contributed by atoms with Gasteiger partial charge in [0.05, 0.1) is 51.0 Å². The average molecular weight is 727 g/mol. The first-order valence-electron chi connectivity index (χ1n) is 16.0. The molecular formula is C36H30Cl2FN9O3. The predicted molar refractivity (Wildman–Crippen MR) is 187 cm³/mol. The number of halogens is 3. The molecule has 51 heavy (non-hydrogen) atoms. The molecule has 0 unspecified atom stereocenters. The predicted octanol–water partition coefficient (Wildman–Crippen LogP) is 5.56. The number of aromatic nitrogens is 5. The third-order valence-corrected chi connectivity index (χ3v) is 9.89. The Hall–Kier alpha value is -5.58. The summed E-state index contributed by atoms with van der Waals surface area (Å²) >= 11 is 12.2. The SMILES string of the molecule is C[C@@H](NC(=O)c1cnc2n1[C@](C)(Cc1ccc(C#N)cc1)C(=O)N2c1cc(Cl)c(F)c(Cl)c1)C(=O)NC1(c2ccc(-c3cnn(C)c3)cn2)CC1. The number of rotatable bonds is 9. The number of benzene rings is 2. The Morgan fingerprint density at radius 3 is 2.33 bits per heavy atom. The lowest BCUT2D eigenvalue weighted by molar-refractivity contribution is -0.124. The van der Waals surface area contributed by atoms with E-state index in [2.05, 4.69) is 31.8 Å². The average Bonchev–Trinajstić information content (AvgIpc) is 3.44. The Morgan fingerprint density at radius 1 is 1.04 bits per heavy atom. The Morgan fingerprint density at radius 2 is 1.75 bits per heavy atom. The van der Waals surface area contributed by atoms with E-state index in [-0.39, 0.29) is 33.8 Å². The summed E-state index contributed by atoms with van der Waals surface area (Å²) < 4.78 is 17.6. The number of nitriles is 1. The number of hydrogen-bond donors (Lipinski definition) is 2. The fraction of sp³-hybridized carbons (Fsp3) is 0.250. The van der Waals surface area contributed by atoms with Crippen LogP contribution in [0.3, 0.4) is 0 Å². The van der Waals surface area contributed by atoms with Gasteiger partial charge in [-0.1, -0.05) is 41.4 Å². The molecule has 3 aromatic heterocycles. The maximum atomic E-state index is 14.4. The van der Waals surface area contributed by atoms with Crippen LogP contribution >= 0.6 is 23.2 Å². The molecule has 1 fully saturated rings. The van der Waals surface area contributed by atoms with Crippen molar-refractivity contribution in [3.63, 3.8) is 0 Å².